The van der Waals surface area contributed by atoms with E-state index in [9.17, 15) is 9.90 Å². The number of hydrogen-bond acceptors (Lipinski definition) is 4. The molecule has 0 aliphatic rings. The molecule has 51 heavy (non-hydrogen) atoms. The van der Waals surface area contributed by atoms with Crippen molar-refractivity contribution in [3.05, 3.63) is 24.3 Å². The molecule has 4 nitrogen and oxygen atoms in total. The number of esters is 1. The van der Waals surface area contributed by atoms with E-state index in [-0.39, 0.29) is 12.6 Å². The average molecular weight is 719 g/mol. The summed E-state index contributed by atoms with van der Waals surface area (Å²) in [6, 6.07) is 0. The van der Waals surface area contributed by atoms with Crippen LogP contribution in [0.5, 0.6) is 0 Å². The van der Waals surface area contributed by atoms with E-state index in [4.69, 9.17) is 9.47 Å². The average Bonchev–Trinajstić information content (AvgIpc) is 3.14. The lowest BCUT2D eigenvalue weighted by Crippen LogP contribution is -2.27. The minimum Gasteiger partial charge on any atom is -0.457 e. The van der Waals surface area contributed by atoms with Crippen LogP contribution in [-0.2, 0) is 14.3 Å². The van der Waals surface area contributed by atoms with Crippen LogP contribution >= 0.6 is 0 Å². The van der Waals surface area contributed by atoms with Gasteiger partial charge >= 0.3 is 5.97 Å². The van der Waals surface area contributed by atoms with Gasteiger partial charge in [0.15, 0.2) is 0 Å². The largest absolute Gasteiger partial charge is 0.457 e. The lowest BCUT2D eigenvalue weighted by molar-refractivity contribution is -0.154. The minimum absolute atomic E-state index is 0.173. The third-order valence-electron chi connectivity index (χ3n) is 10.3. The molecule has 0 heterocycles. The molecule has 0 fully saturated rings. The fourth-order valence-corrected chi connectivity index (χ4v) is 6.84. The second-order valence-electron chi connectivity index (χ2n) is 15.5. The number of carbonyl (C=O) groups is 1. The fourth-order valence-electron chi connectivity index (χ4n) is 6.84. The van der Waals surface area contributed by atoms with Crippen molar-refractivity contribution in [3.63, 3.8) is 0 Å². The first-order chi connectivity index (χ1) is 25.2. The van der Waals surface area contributed by atoms with Crippen molar-refractivity contribution < 1.29 is 19.4 Å². The molecule has 0 aromatic heterocycles. The summed E-state index contributed by atoms with van der Waals surface area (Å²) in [4.78, 5) is 12.2. The normalized spacial score (nSPS) is 12.5. The van der Waals surface area contributed by atoms with Crippen LogP contribution in [0.25, 0.3) is 0 Å². The van der Waals surface area contributed by atoms with Crippen molar-refractivity contribution in [2.75, 3.05) is 19.8 Å². The molecule has 0 saturated carbocycles. The molecule has 1 N–H and O–H groups in total. The van der Waals surface area contributed by atoms with Crippen molar-refractivity contribution in [2.24, 2.45) is 0 Å². The van der Waals surface area contributed by atoms with Gasteiger partial charge in [0.25, 0.3) is 0 Å². The number of hydrogen-bond donors (Lipinski definition) is 1. The zero-order chi connectivity index (χ0) is 37.0. The van der Waals surface area contributed by atoms with E-state index in [2.05, 4.69) is 38.2 Å². The molecule has 1 atom stereocenters. The maximum Gasteiger partial charge on any atom is 0.306 e. The Bertz CT molecular complexity index is 717. The second-order valence-corrected chi connectivity index (χ2v) is 15.5. The summed E-state index contributed by atoms with van der Waals surface area (Å²) >= 11 is 0. The minimum atomic E-state index is -0.537. The van der Waals surface area contributed by atoms with Crippen molar-refractivity contribution in [1.29, 1.82) is 0 Å². The molecule has 0 aliphatic carbocycles. The highest BCUT2D eigenvalue weighted by atomic mass is 16.6. The van der Waals surface area contributed by atoms with Crippen LogP contribution in [0.4, 0.5) is 0 Å². The molecule has 0 bridgehead atoms. The summed E-state index contributed by atoms with van der Waals surface area (Å²) in [5, 5.41) is 9.59. The van der Waals surface area contributed by atoms with Crippen molar-refractivity contribution in [3.8, 4) is 0 Å². The highest BCUT2D eigenvalue weighted by Crippen LogP contribution is 2.16. The summed E-state index contributed by atoms with van der Waals surface area (Å²) in [6.45, 7) is 5.30. The number of rotatable bonds is 43. The van der Waals surface area contributed by atoms with E-state index in [1.807, 2.05) is 0 Å². The highest BCUT2D eigenvalue weighted by Gasteiger charge is 2.13. The maximum atomic E-state index is 12.2. The molecule has 0 saturated heterocycles. The number of carbonyl (C=O) groups excluding carboxylic acids is 1. The number of ether oxygens (including phenoxy) is 2. The first-order valence-electron chi connectivity index (χ1n) is 22.9. The second kappa shape index (κ2) is 45.0. The van der Waals surface area contributed by atoms with Crippen LogP contribution in [0.3, 0.4) is 0 Å². The number of aliphatic hydroxyl groups is 1. The molecule has 0 radical (unpaired) electrons. The summed E-state index contributed by atoms with van der Waals surface area (Å²) < 4.78 is 11.2. The van der Waals surface area contributed by atoms with Gasteiger partial charge in [-0.1, -0.05) is 224 Å². The van der Waals surface area contributed by atoms with E-state index in [1.54, 1.807) is 0 Å². The van der Waals surface area contributed by atoms with Crippen LogP contribution in [0.2, 0.25) is 0 Å². The maximum absolute atomic E-state index is 12.2. The van der Waals surface area contributed by atoms with E-state index in [0.717, 1.165) is 38.5 Å². The standard InChI is InChI=1S/C47H90O4/c1-3-5-7-9-11-13-15-17-18-19-20-21-22-23-24-25-26-27-28-29-31-33-35-37-39-41-43-50-45-46(44-48)51-47(49)42-40-38-36-34-32-30-16-14-12-10-8-6-4-2/h8,10,14,16,46,48H,3-7,9,11-13,15,17-45H2,1-2H3/b10-8-,16-14-. The van der Waals surface area contributed by atoms with Crippen molar-refractivity contribution >= 4 is 5.97 Å². The summed E-state index contributed by atoms with van der Waals surface area (Å²) in [5.74, 6) is -0.211. The SMILES string of the molecule is CCC/C=C\C/C=C\CCCCCCCC(=O)OC(CO)COCCCCCCCCCCCCCCCCCCCCCCCCCCCC. The van der Waals surface area contributed by atoms with Gasteiger partial charge in [0.1, 0.15) is 6.10 Å². The molecular formula is C47H90O4. The zero-order valence-corrected chi connectivity index (χ0v) is 34.6. The van der Waals surface area contributed by atoms with Gasteiger partial charge in [0.2, 0.25) is 0 Å². The van der Waals surface area contributed by atoms with Gasteiger partial charge in [-0.2, -0.15) is 0 Å². The lowest BCUT2D eigenvalue weighted by Gasteiger charge is -2.15. The zero-order valence-electron chi connectivity index (χ0n) is 34.6. The van der Waals surface area contributed by atoms with Gasteiger partial charge < -0.3 is 14.6 Å². The smallest absolute Gasteiger partial charge is 0.306 e. The molecule has 0 rings (SSSR count). The van der Waals surface area contributed by atoms with Gasteiger partial charge in [-0.3, -0.25) is 4.79 Å². The lowest BCUT2D eigenvalue weighted by atomic mass is 10.0. The highest BCUT2D eigenvalue weighted by molar-refractivity contribution is 5.69. The molecule has 0 aliphatic heterocycles. The van der Waals surface area contributed by atoms with Gasteiger partial charge in [0.05, 0.1) is 13.2 Å². The predicted molar refractivity (Wildman–Crippen MR) is 224 cm³/mol. The summed E-state index contributed by atoms with van der Waals surface area (Å²) in [6.07, 6.45) is 55.5. The molecule has 0 aromatic rings. The van der Waals surface area contributed by atoms with Crippen LogP contribution in [-0.4, -0.2) is 37.0 Å². The number of allylic oxidation sites excluding steroid dienone is 4. The fraction of sp³-hybridized carbons (Fsp3) is 0.894. The Hall–Kier alpha value is -1.13. The molecule has 0 amide bonds. The van der Waals surface area contributed by atoms with Gasteiger partial charge in [-0.15, -0.1) is 0 Å². The van der Waals surface area contributed by atoms with E-state index < -0.39 is 6.10 Å². The Morgan fingerprint density at radius 1 is 0.471 bits per heavy atom. The first-order valence-corrected chi connectivity index (χ1v) is 22.9. The summed E-state index contributed by atoms with van der Waals surface area (Å²) in [5.41, 5.74) is 0. The quantitative estimate of drug-likeness (QED) is 0.0387. The Morgan fingerprint density at radius 3 is 1.29 bits per heavy atom. The van der Waals surface area contributed by atoms with Crippen LogP contribution in [0, 0.1) is 0 Å². The van der Waals surface area contributed by atoms with Crippen LogP contribution in [0.1, 0.15) is 245 Å². The Balaban J connectivity index is 3.33. The summed E-state index contributed by atoms with van der Waals surface area (Å²) in [7, 11) is 0. The van der Waals surface area contributed by atoms with E-state index in [0.29, 0.717) is 19.6 Å². The van der Waals surface area contributed by atoms with Gasteiger partial charge in [0, 0.05) is 13.0 Å². The Labute approximate surface area is 319 Å². The van der Waals surface area contributed by atoms with E-state index in [1.165, 1.54) is 186 Å². The van der Waals surface area contributed by atoms with Gasteiger partial charge in [-0.05, 0) is 38.5 Å². The first kappa shape index (κ1) is 49.9. The Morgan fingerprint density at radius 2 is 0.863 bits per heavy atom. The number of aliphatic hydroxyl groups excluding tert-OH is 1. The predicted octanol–water partition coefficient (Wildman–Crippen LogP) is 15.1. The van der Waals surface area contributed by atoms with Gasteiger partial charge in [-0.25, -0.2) is 0 Å². The molecule has 302 valence electrons. The van der Waals surface area contributed by atoms with Crippen LogP contribution in [0.15, 0.2) is 24.3 Å². The topological polar surface area (TPSA) is 55.8 Å². The van der Waals surface area contributed by atoms with Crippen LogP contribution < -0.4 is 0 Å². The molecule has 0 aromatic carbocycles. The third-order valence-corrected chi connectivity index (χ3v) is 10.3. The molecule has 4 heteroatoms. The van der Waals surface area contributed by atoms with Crippen molar-refractivity contribution in [2.45, 2.75) is 251 Å². The molecule has 0 spiro atoms. The molecule has 1 unspecified atom stereocenters. The molecular weight excluding hydrogens is 629 g/mol. The van der Waals surface area contributed by atoms with Crippen molar-refractivity contribution in [1.82, 2.24) is 0 Å². The third kappa shape index (κ3) is 43.2. The number of unbranched alkanes of at least 4 members (excludes halogenated alkanes) is 31. The van der Waals surface area contributed by atoms with E-state index >= 15 is 0 Å². The monoisotopic (exact) mass is 719 g/mol. The Kier molecular flexibility index (Phi) is 44.0.